The molecule has 60 heavy (non-hydrogen) atoms. The Labute approximate surface area is 353 Å². The zero-order valence-electron chi connectivity index (χ0n) is 37.2. The number of esters is 1. The molecule has 5 rings (SSSR count). The van der Waals surface area contributed by atoms with Gasteiger partial charge in [0.05, 0.1) is 41.4 Å². The smallest absolute Gasteiger partial charge is 0.351 e. The van der Waals surface area contributed by atoms with Crippen LogP contribution in [0.2, 0.25) is 0 Å². The number of amides is 2. The monoisotopic (exact) mass is 840 g/mol. The van der Waals surface area contributed by atoms with Crippen LogP contribution in [-0.2, 0) is 39.9 Å². The van der Waals surface area contributed by atoms with Gasteiger partial charge in [0.15, 0.2) is 12.1 Å². The van der Waals surface area contributed by atoms with E-state index in [1.165, 1.54) is 18.9 Å². The maximum atomic E-state index is 17.0. The molecule has 0 aliphatic carbocycles. The van der Waals surface area contributed by atoms with Gasteiger partial charge in [-0.25, -0.2) is 19.0 Å². The number of rotatable bonds is 10. The Morgan fingerprint density at radius 1 is 1.07 bits per heavy atom. The lowest BCUT2D eigenvalue weighted by molar-refractivity contribution is -0.295. The number of fused-ring (bicyclic) bond motifs is 1. The lowest BCUT2D eigenvalue weighted by atomic mass is 9.72. The van der Waals surface area contributed by atoms with Crippen LogP contribution in [0.4, 0.5) is 9.18 Å². The number of hydrogen-bond donors (Lipinski definition) is 1. The highest BCUT2D eigenvalue weighted by Gasteiger charge is 2.62. The van der Waals surface area contributed by atoms with Crippen molar-refractivity contribution in [2.24, 2.45) is 17.8 Å². The quantitative estimate of drug-likeness (QED) is 0.199. The number of ketones is 2. The Hall–Kier alpha value is -4.09. The van der Waals surface area contributed by atoms with E-state index >= 15 is 4.39 Å². The molecule has 3 aliphatic heterocycles. The van der Waals surface area contributed by atoms with Crippen LogP contribution in [0.15, 0.2) is 49.2 Å². The van der Waals surface area contributed by atoms with Gasteiger partial charge in [-0.1, -0.05) is 39.8 Å². The number of hydrogen-bond acceptors (Lipinski definition) is 12. The minimum Gasteiger partial charge on any atom is -0.457 e. The summed E-state index contributed by atoms with van der Waals surface area (Å²) in [5.74, 6) is -5.65. The first-order chi connectivity index (χ1) is 28.1. The summed E-state index contributed by atoms with van der Waals surface area (Å²) in [6, 6.07) is 2.15. The Bertz CT molecular complexity index is 1880. The van der Waals surface area contributed by atoms with Crippen molar-refractivity contribution in [2.45, 2.75) is 141 Å². The Morgan fingerprint density at radius 3 is 2.37 bits per heavy atom. The van der Waals surface area contributed by atoms with Gasteiger partial charge in [-0.05, 0) is 73.2 Å². The van der Waals surface area contributed by atoms with Gasteiger partial charge in [0.25, 0.3) is 5.67 Å². The van der Waals surface area contributed by atoms with E-state index < -0.39 is 83.0 Å². The molecule has 5 heterocycles. The van der Waals surface area contributed by atoms with Crippen LogP contribution in [-0.4, -0.2) is 152 Å². The van der Waals surface area contributed by atoms with Crippen LogP contribution in [0.3, 0.4) is 0 Å². The molecule has 0 unspecified atom stereocenters. The normalized spacial score (nSPS) is 37.5. The van der Waals surface area contributed by atoms with Gasteiger partial charge >= 0.3 is 12.0 Å². The molecule has 13 atom stereocenters. The van der Waals surface area contributed by atoms with E-state index in [0.717, 1.165) is 18.2 Å². The third-order valence-electron chi connectivity index (χ3n) is 13.3. The number of alkyl halides is 1. The summed E-state index contributed by atoms with van der Waals surface area (Å²) in [4.78, 5) is 71.0. The molecule has 3 aliphatic rings. The number of halogens is 1. The number of urea groups is 1. The summed E-state index contributed by atoms with van der Waals surface area (Å²) in [5, 5.41) is 11.4. The van der Waals surface area contributed by atoms with Crippen molar-refractivity contribution in [3.05, 3.63) is 49.2 Å². The maximum absolute atomic E-state index is 17.0. The number of carbonyl (C=O) groups is 4. The third-order valence-corrected chi connectivity index (χ3v) is 13.3. The van der Waals surface area contributed by atoms with E-state index in [2.05, 4.69) is 9.97 Å². The van der Waals surface area contributed by atoms with Gasteiger partial charge in [0, 0.05) is 75.2 Å². The molecule has 0 radical (unpaired) electrons. The number of ether oxygens (including phenoxy) is 4. The van der Waals surface area contributed by atoms with Gasteiger partial charge < -0.3 is 43.3 Å². The van der Waals surface area contributed by atoms with Gasteiger partial charge in [-0.3, -0.25) is 14.6 Å². The molecule has 2 amide bonds. The highest BCUT2D eigenvalue weighted by molar-refractivity contribution is 6.08. The number of methoxy groups -OCH3 is 1. The number of aliphatic hydroxyl groups is 1. The molecule has 16 heteroatoms. The minimum absolute atomic E-state index is 0.00809. The summed E-state index contributed by atoms with van der Waals surface area (Å²) in [7, 11) is 6.65. The number of cyclic esters (lactones) is 1. The molecule has 1 N–H and O–H groups in total. The third kappa shape index (κ3) is 8.94. The summed E-state index contributed by atoms with van der Waals surface area (Å²) in [6.07, 6.45) is 6.26. The highest BCUT2D eigenvalue weighted by atomic mass is 19.1. The highest BCUT2D eigenvalue weighted by Crippen LogP contribution is 2.44. The number of Topliss-reactive ketones (excluding diaryl/α,β-unsaturated/α-hetero) is 2. The molecular formula is C44H65FN6O9. The maximum Gasteiger partial charge on any atom is 0.351 e. The lowest BCUT2D eigenvalue weighted by Crippen LogP contribution is -2.63. The number of aliphatic hydroxyl groups excluding tert-OH is 1. The van der Waals surface area contributed by atoms with Crippen molar-refractivity contribution in [1.29, 1.82) is 0 Å². The average molecular weight is 841 g/mol. The fraction of sp³-hybridized carbons (Fsp3) is 0.682. The zero-order chi connectivity index (χ0) is 44.5. The number of aromatic nitrogens is 3. The Kier molecular flexibility index (Phi) is 14.5. The van der Waals surface area contributed by atoms with Crippen molar-refractivity contribution in [3.63, 3.8) is 0 Å². The largest absolute Gasteiger partial charge is 0.457 e. The van der Waals surface area contributed by atoms with Crippen LogP contribution in [0.5, 0.6) is 0 Å². The van der Waals surface area contributed by atoms with Crippen LogP contribution >= 0.6 is 0 Å². The number of allylic oxidation sites excluding steroid dienone is 1. The van der Waals surface area contributed by atoms with E-state index in [1.54, 1.807) is 65.3 Å². The fourth-order valence-electron chi connectivity index (χ4n) is 9.65. The second-order valence-corrected chi connectivity index (χ2v) is 17.7. The summed E-state index contributed by atoms with van der Waals surface area (Å²) in [6.45, 7) is 13.4. The summed E-state index contributed by atoms with van der Waals surface area (Å²) >= 11 is 0. The molecule has 332 valence electrons. The Balaban J connectivity index is 1.51. The molecule has 3 fully saturated rings. The molecule has 0 saturated carbocycles. The predicted octanol–water partition coefficient (Wildman–Crippen LogP) is 4.71. The number of imidazole rings is 1. The number of nitrogens with zero attached hydrogens (tertiary/aromatic N) is 6. The molecular weight excluding hydrogens is 776 g/mol. The topological polar surface area (TPSA) is 166 Å². The van der Waals surface area contributed by atoms with E-state index in [4.69, 9.17) is 18.9 Å². The van der Waals surface area contributed by atoms with Crippen molar-refractivity contribution < 1.29 is 47.6 Å². The van der Waals surface area contributed by atoms with Gasteiger partial charge in [-0.15, -0.1) is 0 Å². The van der Waals surface area contributed by atoms with Crippen molar-refractivity contribution in [3.8, 4) is 11.3 Å². The molecule has 3 saturated heterocycles. The van der Waals surface area contributed by atoms with Crippen LogP contribution < -0.4 is 0 Å². The van der Waals surface area contributed by atoms with Crippen molar-refractivity contribution >= 4 is 23.6 Å². The van der Waals surface area contributed by atoms with Crippen LogP contribution in [0.1, 0.15) is 74.7 Å². The number of pyridine rings is 1. The standard InChI is InChI=1S/C44H65FN6O9/c1-13-33-44(8)36(51(41(56)49(44)11)20-15-14-19-50-24-31(47-25-50)30-17-16-18-46-23-30)28(4)34(52)26(2)22-42(6,57-12)38(29(5)37(54)43(7,45)40(55)59-33)60-39-35(53)32(48(9)10)21-27(3)58-39/h14-18,23-29,32-33,35-36,38-39,53H,13,19-22H2,1-12H3/b15-14+/t26-,27-,28+,29+,32+,33-,35-,36-,38-,39+,42+,43+,44-/m1/s1. The molecule has 0 aromatic carbocycles. The molecule has 15 nitrogen and oxygen atoms in total. The second-order valence-electron chi connectivity index (χ2n) is 17.7. The molecule has 2 aromatic heterocycles. The summed E-state index contributed by atoms with van der Waals surface area (Å²) in [5.41, 5.74) is -4.29. The number of likely N-dealkylation sites (N-methyl/N-ethyl adjacent to an activating group) is 2. The zero-order valence-corrected chi connectivity index (χ0v) is 37.2. The fourth-order valence-corrected chi connectivity index (χ4v) is 9.65. The van der Waals surface area contributed by atoms with Crippen molar-refractivity contribution in [2.75, 3.05) is 34.8 Å². The first-order valence-electron chi connectivity index (χ1n) is 20.9. The van der Waals surface area contributed by atoms with Crippen LogP contribution in [0, 0.1) is 17.8 Å². The van der Waals surface area contributed by atoms with Crippen molar-refractivity contribution in [1.82, 2.24) is 29.2 Å². The lowest BCUT2D eigenvalue weighted by Gasteiger charge is -2.48. The molecule has 0 bridgehead atoms. The van der Waals surface area contributed by atoms with Gasteiger partial charge in [0.1, 0.15) is 18.0 Å². The molecule has 0 spiro atoms. The molecule has 2 aromatic rings. The van der Waals surface area contributed by atoms with E-state index in [0.29, 0.717) is 13.0 Å². The van der Waals surface area contributed by atoms with E-state index in [1.807, 2.05) is 61.0 Å². The average Bonchev–Trinajstić information content (AvgIpc) is 3.77. The van der Waals surface area contributed by atoms with E-state index in [9.17, 15) is 24.3 Å². The SMILES string of the molecule is CC[C@H]1OC(=O)[C@@](C)(F)C(=O)[C@H](C)[C@@H](O[C@@H]2O[C@H](C)C[C@H](N(C)C)[C@H]2O)[C@@](C)(OC)C[C@@H](C)C(=O)[C@H](C)[C@H]2N(C/C=C/Cn3cnc(-c4cccnc4)c3)C(=O)N(C)[C@]12C. The second kappa shape index (κ2) is 18.5. The first-order valence-corrected chi connectivity index (χ1v) is 20.9. The minimum atomic E-state index is -3.16. The Morgan fingerprint density at radius 2 is 1.75 bits per heavy atom. The number of carbonyl (C=O) groups excluding carboxylic acids is 4. The van der Waals surface area contributed by atoms with Crippen LogP contribution in [0.25, 0.3) is 11.3 Å². The van der Waals surface area contributed by atoms with Gasteiger partial charge in [0.2, 0.25) is 0 Å². The predicted molar refractivity (Wildman–Crippen MR) is 221 cm³/mol. The van der Waals surface area contributed by atoms with E-state index in [-0.39, 0.29) is 37.3 Å². The van der Waals surface area contributed by atoms with Gasteiger partial charge in [-0.2, -0.15) is 0 Å². The first kappa shape index (κ1) is 47.0. The summed E-state index contributed by atoms with van der Waals surface area (Å²) < 4.78 is 43.6.